The molecule has 0 spiro atoms. The average molecular weight is 342 g/mol. The van der Waals surface area contributed by atoms with Crippen molar-refractivity contribution in [1.82, 2.24) is 19.9 Å². The number of benzene rings is 1. The molecule has 0 bridgehead atoms. The van der Waals surface area contributed by atoms with E-state index in [2.05, 4.69) is 39.1 Å². The summed E-state index contributed by atoms with van der Waals surface area (Å²) in [6.07, 6.45) is 1.07. The molecule has 2 saturated heterocycles. The number of aliphatic hydroxyl groups is 1. The number of nitrogens with zero attached hydrogens (tertiary/aromatic N) is 4. The van der Waals surface area contributed by atoms with Gasteiger partial charge in [0.25, 0.3) is 0 Å². The lowest BCUT2D eigenvalue weighted by atomic mass is 9.72. The van der Waals surface area contributed by atoms with Gasteiger partial charge in [0.15, 0.2) is 5.82 Å². The maximum Gasteiger partial charge on any atom is 0.234 e. The van der Waals surface area contributed by atoms with E-state index in [1.807, 2.05) is 19.1 Å². The van der Waals surface area contributed by atoms with Crippen LogP contribution in [0.5, 0.6) is 0 Å². The van der Waals surface area contributed by atoms with Crippen LogP contribution in [0.3, 0.4) is 0 Å². The largest absolute Gasteiger partial charge is 0.392 e. The third kappa shape index (κ3) is 3.10. The smallest absolute Gasteiger partial charge is 0.234 e. The van der Waals surface area contributed by atoms with E-state index in [0.717, 1.165) is 56.4 Å². The standard InChI is InChI=1S/C19H26N4O2/c1-14-20-18(25-21-14)19-7-8-22(2)10-17(19)11-23(13-19)9-15-3-5-16(12-24)6-4-15/h3-6,17,24H,7-13H2,1-2H3/t17-,19-/m1/s1. The second-order valence-electron chi connectivity index (χ2n) is 7.66. The molecule has 2 aliphatic rings. The summed E-state index contributed by atoms with van der Waals surface area (Å²) in [6, 6.07) is 8.24. The SMILES string of the molecule is Cc1noc([C@@]23CCN(C)C[C@@H]2CN(Cc2ccc(CO)cc2)C3)n1. The molecular formula is C19H26N4O2. The fourth-order valence-electron chi connectivity index (χ4n) is 4.43. The third-order valence-corrected chi connectivity index (χ3v) is 5.80. The second-order valence-corrected chi connectivity index (χ2v) is 7.66. The zero-order chi connectivity index (χ0) is 17.4. The van der Waals surface area contributed by atoms with Gasteiger partial charge in [-0.3, -0.25) is 4.90 Å². The Hall–Kier alpha value is -1.76. The zero-order valence-corrected chi connectivity index (χ0v) is 15.0. The van der Waals surface area contributed by atoms with Crippen LogP contribution in [0.1, 0.15) is 29.3 Å². The molecule has 0 unspecified atom stereocenters. The van der Waals surface area contributed by atoms with Crippen LogP contribution < -0.4 is 0 Å². The maximum absolute atomic E-state index is 9.20. The Balaban J connectivity index is 1.56. The summed E-state index contributed by atoms with van der Waals surface area (Å²) in [5.74, 6) is 2.06. The van der Waals surface area contributed by atoms with Gasteiger partial charge in [0.05, 0.1) is 12.0 Å². The zero-order valence-electron chi connectivity index (χ0n) is 15.0. The van der Waals surface area contributed by atoms with E-state index in [1.165, 1.54) is 5.56 Å². The van der Waals surface area contributed by atoms with Crippen LogP contribution in [0.15, 0.2) is 28.8 Å². The highest BCUT2D eigenvalue weighted by atomic mass is 16.5. The van der Waals surface area contributed by atoms with Gasteiger partial charge < -0.3 is 14.5 Å². The van der Waals surface area contributed by atoms with Gasteiger partial charge in [0.2, 0.25) is 5.89 Å². The van der Waals surface area contributed by atoms with E-state index in [4.69, 9.17) is 4.52 Å². The highest BCUT2D eigenvalue weighted by molar-refractivity contribution is 5.23. The summed E-state index contributed by atoms with van der Waals surface area (Å²) in [5.41, 5.74) is 2.22. The summed E-state index contributed by atoms with van der Waals surface area (Å²) >= 11 is 0. The van der Waals surface area contributed by atoms with Crippen LogP contribution in [0.25, 0.3) is 0 Å². The molecule has 0 saturated carbocycles. The van der Waals surface area contributed by atoms with Crippen LogP contribution in [0, 0.1) is 12.8 Å². The number of aromatic nitrogens is 2. The molecule has 0 amide bonds. The molecule has 2 fully saturated rings. The van der Waals surface area contributed by atoms with E-state index in [0.29, 0.717) is 5.92 Å². The molecule has 0 radical (unpaired) electrons. The Bertz CT molecular complexity index is 729. The van der Waals surface area contributed by atoms with Crippen LogP contribution in [-0.2, 0) is 18.6 Å². The fourth-order valence-corrected chi connectivity index (χ4v) is 4.43. The summed E-state index contributed by atoms with van der Waals surface area (Å²) in [4.78, 5) is 9.53. The highest BCUT2D eigenvalue weighted by Crippen LogP contribution is 2.44. The van der Waals surface area contributed by atoms with Crippen molar-refractivity contribution in [1.29, 1.82) is 0 Å². The van der Waals surface area contributed by atoms with Gasteiger partial charge in [-0.2, -0.15) is 4.98 Å². The lowest BCUT2D eigenvalue weighted by molar-refractivity contribution is 0.118. The average Bonchev–Trinajstić information content (AvgIpc) is 3.19. The molecule has 0 aliphatic carbocycles. The fraction of sp³-hybridized carbons (Fsp3) is 0.579. The Morgan fingerprint density at radius 1 is 1.24 bits per heavy atom. The first-order chi connectivity index (χ1) is 12.1. The molecule has 1 aromatic carbocycles. The van der Waals surface area contributed by atoms with E-state index in [-0.39, 0.29) is 12.0 Å². The molecule has 6 heteroatoms. The minimum absolute atomic E-state index is 0.0151. The van der Waals surface area contributed by atoms with Crippen LogP contribution in [0.2, 0.25) is 0 Å². The van der Waals surface area contributed by atoms with Crippen LogP contribution in [0.4, 0.5) is 0 Å². The number of fused-ring (bicyclic) bond motifs is 1. The number of rotatable bonds is 4. The van der Waals surface area contributed by atoms with Crippen LogP contribution in [-0.4, -0.2) is 58.3 Å². The van der Waals surface area contributed by atoms with Crippen molar-refractivity contribution in [3.05, 3.63) is 47.1 Å². The second kappa shape index (κ2) is 6.52. The van der Waals surface area contributed by atoms with Crippen molar-refractivity contribution < 1.29 is 9.63 Å². The minimum atomic E-state index is -0.0151. The van der Waals surface area contributed by atoms with Gasteiger partial charge in [-0.1, -0.05) is 29.4 Å². The van der Waals surface area contributed by atoms with Gasteiger partial charge in [-0.25, -0.2) is 0 Å². The lowest BCUT2D eigenvalue weighted by Gasteiger charge is -2.39. The van der Waals surface area contributed by atoms with E-state index in [9.17, 15) is 5.11 Å². The molecular weight excluding hydrogens is 316 g/mol. The minimum Gasteiger partial charge on any atom is -0.392 e. The Kier molecular flexibility index (Phi) is 4.35. The van der Waals surface area contributed by atoms with E-state index < -0.39 is 0 Å². The third-order valence-electron chi connectivity index (χ3n) is 5.80. The molecule has 25 heavy (non-hydrogen) atoms. The Labute approximate surface area is 148 Å². The van der Waals surface area contributed by atoms with E-state index >= 15 is 0 Å². The molecule has 1 N–H and O–H groups in total. The number of piperidine rings is 1. The summed E-state index contributed by atoms with van der Waals surface area (Å²) in [5, 5.41) is 13.3. The molecule has 2 aliphatic heterocycles. The van der Waals surface area contributed by atoms with E-state index in [1.54, 1.807) is 0 Å². The van der Waals surface area contributed by atoms with Gasteiger partial charge in [-0.05, 0) is 44.0 Å². The normalized spacial score (nSPS) is 27.6. The molecule has 6 nitrogen and oxygen atoms in total. The van der Waals surface area contributed by atoms with Crippen molar-refractivity contribution in [2.24, 2.45) is 5.92 Å². The quantitative estimate of drug-likeness (QED) is 0.910. The monoisotopic (exact) mass is 342 g/mol. The first-order valence-corrected chi connectivity index (χ1v) is 8.99. The first kappa shape index (κ1) is 16.7. The Morgan fingerprint density at radius 3 is 2.68 bits per heavy atom. The lowest BCUT2D eigenvalue weighted by Crippen LogP contribution is -2.48. The van der Waals surface area contributed by atoms with Gasteiger partial charge in [-0.15, -0.1) is 0 Å². The van der Waals surface area contributed by atoms with Crippen molar-refractivity contribution >= 4 is 0 Å². The number of hydrogen-bond acceptors (Lipinski definition) is 6. The van der Waals surface area contributed by atoms with Crippen molar-refractivity contribution in [3.8, 4) is 0 Å². The van der Waals surface area contributed by atoms with Crippen molar-refractivity contribution in [2.75, 3.05) is 33.2 Å². The first-order valence-electron chi connectivity index (χ1n) is 8.99. The molecule has 1 aromatic heterocycles. The summed E-state index contributed by atoms with van der Waals surface area (Å²) in [7, 11) is 2.19. The molecule has 2 atom stereocenters. The number of aryl methyl sites for hydroxylation is 1. The number of aliphatic hydroxyl groups excluding tert-OH is 1. The highest BCUT2D eigenvalue weighted by Gasteiger charge is 2.53. The molecule has 4 rings (SSSR count). The molecule has 134 valence electrons. The number of hydrogen-bond donors (Lipinski definition) is 1. The molecule has 2 aromatic rings. The van der Waals surface area contributed by atoms with Gasteiger partial charge >= 0.3 is 0 Å². The van der Waals surface area contributed by atoms with Crippen LogP contribution >= 0.6 is 0 Å². The summed E-state index contributed by atoms with van der Waals surface area (Å²) < 4.78 is 5.64. The number of likely N-dealkylation sites (tertiary alicyclic amines) is 2. The predicted octanol–water partition coefficient (Wildman–Crippen LogP) is 1.58. The Morgan fingerprint density at radius 2 is 2.00 bits per heavy atom. The topological polar surface area (TPSA) is 65.6 Å². The maximum atomic E-state index is 9.20. The van der Waals surface area contributed by atoms with Gasteiger partial charge in [0, 0.05) is 26.2 Å². The van der Waals surface area contributed by atoms with Gasteiger partial charge in [0.1, 0.15) is 0 Å². The van der Waals surface area contributed by atoms with Crippen molar-refractivity contribution in [3.63, 3.8) is 0 Å². The molecule has 3 heterocycles. The predicted molar refractivity (Wildman–Crippen MR) is 94.0 cm³/mol. The summed E-state index contributed by atoms with van der Waals surface area (Å²) in [6.45, 7) is 7.06. The van der Waals surface area contributed by atoms with Crippen molar-refractivity contribution in [2.45, 2.75) is 31.9 Å².